The van der Waals surface area contributed by atoms with E-state index >= 15 is 0 Å². The van der Waals surface area contributed by atoms with Crippen molar-refractivity contribution >= 4 is 39.1 Å². The quantitative estimate of drug-likeness (QED) is 0.657. The Bertz CT molecular complexity index is 859. The van der Waals surface area contributed by atoms with Crippen molar-refractivity contribution in [2.75, 3.05) is 5.32 Å². The minimum atomic E-state index is -0.277. The molecule has 0 saturated carbocycles. The number of benzene rings is 2. The molecule has 0 radical (unpaired) electrons. The van der Waals surface area contributed by atoms with E-state index in [2.05, 4.69) is 26.4 Å². The maximum absolute atomic E-state index is 12.7. The highest BCUT2D eigenvalue weighted by atomic mass is 79.9. The van der Waals surface area contributed by atoms with Gasteiger partial charge < -0.3 is 9.84 Å². The summed E-state index contributed by atoms with van der Waals surface area (Å²) in [6, 6.07) is 14.5. The molecule has 0 aliphatic heterocycles. The van der Waals surface area contributed by atoms with Crippen LogP contribution in [-0.2, 0) is 0 Å². The van der Waals surface area contributed by atoms with Crippen molar-refractivity contribution in [3.05, 3.63) is 69.3 Å². The van der Waals surface area contributed by atoms with Gasteiger partial charge in [-0.25, -0.2) is 0 Å². The number of amides is 1. The highest BCUT2D eigenvalue weighted by molar-refractivity contribution is 9.10. The summed E-state index contributed by atoms with van der Waals surface area (Å²) >= 11 is 9.31. The number of nitrogens with zero attached hydrogens (tertiary/aromatic N) is 1. The summed E-state index contributed by atoms with van der Waals surface area (Å²) in [6.45, 7) is 1.73. The highest BCUT2D eigenvalue weighted by Gasteiger charge is 2.22. The van der Waals surface area contributed by atoms with Crippen LogP contribution in [0.15, 0.2) is 57.5 Å². The second kappa shape index (κ2) is 6.56. The Kier molecular flexibility index (Phi) is 4.50. The average Bonchev–Trinajstić information content (AvgIpc) is 2.92. The molecule has 1 heterocycles. The van der Waals surface area contributed by atoms with Crippen LogP contribution in [0.25, 0.3) is 11.3 Å². The van der Waals surface area contributed by atoms with E-state index in [1.54, 1.807) is 31.2 Å². The first kappa shape index (κ1) is 15.8. The van der Waals surface area contributed by atoms with Gasteiger partial charge in [-0.2, -0.15) is 0 Å². The van der Waals surface area contributed by atoms with Crippen LogP contribution >= 0.6 is 27.5 Å². The maximum atomic E-state index is 12.7. The minimum absolute atomic E-state index is 0.277. The van der Waals surface area contributed by atoms with E-state index < -0.39 is 0 Å². The van der Waals surface area contributed by atoms with Crippen LogP contribution in [0.5, 0.6) is 0 Å². The van der Waals surface area contributed by atoms with Crippen molar-refractivity contribution in [2.45, 2.75) is 6.92 Å². The Hall–Kier alpha value is -2.11. The van der Waals surface area contributed by atoms with Gasteiger partial charge in [0.25, 0.3) is 5.91 Å². The summed E-state index contributed by atoms with van der Waals surface area (Å²) in [6.07, 6.45) is 0. The molecule has 0 aliphatic rings. The lowest BCUT2D eigenvalue weighted by Gasteiger charge is -2.07. The molecular formula is C17H12BrClN2O2. The Labute approximate surface area is 146 Å². The summed E-state index contributed by atoms with van der Waals surface area (Å²) in [4.78, 5) is 12.7. The van der Waals surface area contributed by atoms with E-state index in [0.29, 0.717) is 27.7 Å². The van der Waals surface area contributed by atoms with E-state index in [1.165, 1.54) is 0 Å². The second-order valence-corrected chi connectivity index (χ2v) is 6.20. The van der Waals surface area contributed by atoms with Crippen LogP contribution in [0.4, 0.5) is 5.69 Å². The maximum Gasteiger partial charge on any atom is 0.261 e. The van der Waals surface area contributed by atoms with Crippen molar-refractivity contribution in [2.24, 2.45) is 0 Å². The first-order valence-corrected chi connectivity index (χ1v) is 8.01. The fourth-order valence-electron chi connectivity index (χ4n) is 2.18. The van der Waals surface area contributed by atoms with Gasteiger partial charge in [-0.3, -0.25) is 4.79 Å². The number of carbonyl (C=O) groups excluding carboxylic acids is 1. The smallest absolute Gasteiger partial charge is 0.261 e. The molecule has 1 amide bonds. The third-order valence-corrected chi connectivity index (χ3v) is 4.26. The summed E-state index contributed by atoms with van der Waals surface area (Å²) in [5, 5.41) is 7.40. The highest BCUT2D eigenvalue weighted by Crippen LogP contribution is 2.29. The molecule has 6 heteroatoms. The van der Waals surface area contributed by atoms with Gasteiger partial charge in [-0.05, 0) is 59.3 Å². The van der Waals surface area contributed by atoms with Crippen LogP contribution in [0, 0.1) is 6.92 Å². The predicted molar refractivity (Wildman–Crippen MR) is 93.8 cm³/mol. The van der Waals surface area contributed by atoms with Crippen molar-refractivity contribution in [1.82, 2.24) is 5.16 Å². The number of para-hydroxylation sites is 1. The zero-order valence-corrected chi connectivity index (χ0v) is 14.5. The van der Waals surface area contributed by atoms with Crippen LogP contribution in [-0.4, -0.2) is 11.1 Å². The molecule has 0 unspecified atom stereocenters. The molecular weight excluding hydrogens is 380 g/mol. The molecule has 0 bridgehead atoms. The van der Waals surface area contributed by atoms with Gasteiger partial charge in [0.15, 0.2) is 5.76 Å². The predicted octanol–water partition coefficient (Wildman–Crippen LogP) is 5.32. The summed E-state index contributed by atoms with van der Waals surface area (Å²) in [7, 11) is 0. The number of halogens is 2. The molecule has 1 N–H and O–H groups in total. The third-order valence-electron chi connectivity index (χ3n) is 3.32. The zero-order valence-electron chi connectivity index (χ0n) is 12.1. The lowest BCUT2D eigenvalue weighted by atomic mass is 10.1. The van der Waals surface area contributed by atoms with Crippen LogP contribution in [0.1, 0.15) is 16.1 Å². The topological polar surface area (TPSA) is 55.1 Å². The number of rotatable bonds is 3. The summed E-state index contributed by atoms with van der Waals surface area (Å²) < 4.78 is 6.15. The standard InChI is InChI=1S/C17H12BrClN2O2/c1-10-15(17(22)20-14-5-3-2-4-13(14)18)16(23-21-10)11-6-8-12(19)9-7-11/h2-9H,1H3,(H,20,22). The third kappa shape index (κ3) is 3.30. The first-order valence-electron chi connectivity index (χ1n) is 6.84. The van der Waals surface area contributed by atoms with Gasteiger partial charge in [-0.15, -0.1) is 0 Å². The molecule has 23 heavy (non-hydrogen) atoms. The number of hydrogen-bond donors (Lipinski definition) is 1. The van der Waals surface area contributed by atoms with Gasteiger partial charge in [0.2, 0.25) is 0 Å². The fourth-order valence-corrected chi connectivity index (χ4v) is 2.69. The molecule has 0 saturated heterocycles. The number of nitrogens with one attached hydrogen (secondary N) is 1. The van der Waals surface area contributed by atoms with E-state index in [0.717, 1.165) is 10.0 Å². The monoisotopic (exact) mass is 390 g/mol. The normalized spacial score (nSPS) is 10.6. The molecule has 3 aromatic rings. The summed E-state index contributed by atoms with van der Waals surface area (Å²) in [5.74, 6) is 0.143. The van der Waals surface area contributed by atoms with E-state index in [1.807, 2.05) is 24.3 Å². The summed E-state index contributed by atoms with van der Waals surface area (Å²) in [5.41, 5.74) is 2.36. The van der Waals surface area contributed by atoms with Crippen molar-refractivity contribution in [1.29, 1.82) is 0 Å². The van der Waals surface area contributed by atoms with Crippen LogP contribution in [0.2, 0.25) is 5.02 Å². The van der Waals surface area contributed by atoms with Gasteiger partial charge in [0.05, 0.1) is 11.4 Å². The molecule has 4 nitrogen and oxygen atoms in total. The van der Waals surface area contributed by atoms with Crippen molar-refractivity contribution in [3.63, 3.8) is 0 Å². The molecule has 0 atom stereocenters. The van der Waals surface area contributed by atoms with Gasteiger partial charge in [-0.1, -0.05) is 28.9 Å². The largest absolute Gasteiger partial charge is 0.355 e. The second-order valence-electron chi connectivity index (χ2n) is 4.91. The Balaban J connectivity index is 1.97. The van der Waals surface area contributed by atoms with E-state index in [9.17, 15) is 4.79 Å². The van der Waals surface area contributed by atoms with Crippen molar-refractivity contribution < 1.29 is 9.32 Å². The fraction of sp³-hybridized carbons (Fsp3) is 0.0588. The Morgan fingerprint density at radius 1 is 1.17 bits per heavy atom. The number of anilines is 1. The first-order chi connectivity index (χ1) is 11.1. The van der Waals surface area contributed by atoms with E-state index in [-0.39, 0.29) is 5.91 Å². The number of aryl methyl sites for hydroxylation is 1. The molecule has 3 rings (SSSR count). The molecule has 1 aromatic heterocycles. The molecule has 0 spiro atoms. The minimum Gasteiger partial charge on any atom is -0.355 e. The van der Waals surface area contributed by atoms with Gasteiger partial charge >= 0.3 is 0 Å². The molecule has 116 valence electrons. The Morgan fingerprint density at radius 2 is 1.87 bits per heavy atom. The van der Waals surface area contributed by atoms with E-state index in [4.69, 9.17) is 16.1 Å². The Morgan fingerprint density at radius 3 is 2.57 bits per heavy atom. The van der Waals surface area contributed by atoms with Crippen LogP contribution in [0.3, 0.4) is 0 Å². The number of carbonyl (C=O) groups is 1. The number of hydrogen-bond acceptors (Lipinski definition) is 3. The zero-order chi connectivity index (χ0) is 16.4. The lowest BCUT2D eigenvalue weighted by Crippen LogP contribution is -2.13. The van der Waals surface area contributed by atoms with Crippen LogP contribution < -0.4 is 5.32 Å². The molecule has 2 aromatic carbocycles. The molecule has 0 aliphatic carbocycles. The van der Waals surface area contributed by atoms with Gasteiger partial charge in [0, 0.05) is 15.1 Å². The van der Waals surface area contributed by atoms with Gasteiger partial charge in [0.1, 0.15) is 5.56 Å². The SMILES string of the molecule is Cc1noc(-c2ccc(Cl)cc2)c1C(=O)Nc1ccccc1Br. The number of aromatic nitrogens is 1. The lowest BCUT2D eigenvalue weighted by molar-refractivity contribution is 0.102. The average molecular weight is 392 g/mol. The van der Waals surface area contributed by atoms with Crippen molar-refractivity contribution in [3.8, 4) is 11.3 Å². The molecule has 0 fully saturated rings.